The number of hydrogen-bond acceptors (Lipinski definition) is 0. The van der Waals surface area contributed by atoms with Gasteiger partial charge in [0.05, 0.1) is 0 Å². The molecule has 0 aliphatic heterocycles. The predicted molar refractivity (Wildman–Crippen MR) is 122 cm³/mol. The van der Waals surface area contributed by atoms with Gasteiger partial charge in [0.2, 0.25) is 0 Å². The van der Waals surface area contributed by atoms with Crippen molar-refractivity contribution >= 4 is 0 Å². The van der Waals surface area contributed by atoms with Crippen molar-refractivity contribution < 1.29 is 0 Å². The molecule has 0 radical (unpaired) electrons. The third-order valence-electron chi connectivity index (χ3n) is 10.5. The molecular weight excluding hydrogens is 336 g/mol. The van der Waals surface area contributed by atoms with Gasteiger partial charge in [-0.15, -0.1) is 0 Å². The van der Waals surface area contributed by atoms with Crippen molar-refractivity contribution in [2.24, 2.45) is 52.3 Å². The Morgan fingerprint density at radius 1 is 0.857 bits per heavy atom. The highest BCUT2D eigenvalue weighted by molar-refractivity contribution is 5.27. The molecule has 4 aliphatic rings. The van der Waals surface area contributed by atoms with Crippen molar-refractivity contribution in [1.82, 2.24) is 0 Å². The zero-order valence-electron chi connectivity index (χ0n) is 19.6. The molecule has 0 nitrogen and oxygen atoms in total. The molecule has 0 heterocycles. The van der Waals surface area contributed by atoms with Crippen LogP contribution in [0.15, 0.2) is 23.8 Å². The van der Waals surface area contributed by atoms with Crippen molar-refractivity contribution in [2.75, 3.05) is 0 Å². The standard InChI is InChI=1S/C28H46/c1-19(2)20(3)10-11-21(4)24-14-15-25-23-13-12-22-9-7-8-17-27(22,5)26(23)16-18-28(24,25)6/h10-11,13,19-22,24-26H,7-9,12,14-18H2,1-6H3/b11-10+/t20-,21+,22+,24-,25+,26-,27-,28+/m0/s1. The second kappa shape index (κ2) is 7.63. The molecular formula is C28H46. The minimum atomic E-state index is 0.547. The van der Waals surface area contributed by atoms with Gasteiger partial charge in [-0.1, -0.05) is 78.2 Å². The summed E-state index contributed by atoms with van der Waals surface area (Å²) in [6, 6.07) is 0. The molecule has 0 aromatic heterocycles. The summed E-state index contributed by atoms with van der Waals surface area (Å²) in [5.41, 5.74) is 3.11. The Kier molecular flexibility index (Phi) is 5.65. The summed E-state index contributed by atoms with van der Waals surface area (Å²) in [5.74, 6) is 5.84. The Morgan fingerprint density at radius 2 is 1.61 bits per heavy atom. The first kappa shape index (κ1) is 20.7. The van der Waals surface area contributed by atoms with Crippen molar-refractivity contribution in [1.29, 1.82) is 0 Å². The highest BCUT2D eigenvalue weighted by Crippen LogP contribution is 2.66. The van der Waals surface area contributed by atoms with Crippen LogP contribution in [0.2, 0.25) is 0 Å². The average Bonchev–Trinajstić information content (AvgIpc) is 3.02. The van der Waals surface area contributed by atoms with Crippen LogP contribution in [0.3, 0.4) is 0 Å². The number of rotatable bonds is 4. The van der Waals surface area contributed by atoms with Crippen LogP contribution < -0.4 is 0 Å². The normalized spacial score (nSPS) is 45.3. The van der Waals surface area contributed by atoms with Gasteiger partial charge >= 0.3 is 0 Å². The molecule has 0 N–H and O–H groups in total. The maximum Gasteiger partial charge on any atom is -0.0143 e. The third kappa shape index (κ3) is 3.26. The molecule has 0 aromatic carbocycles. The second-order valence-corrected chi connectivity index (χ2v) is 12.1. The highest BCUT2D eigenvalue weighted by Gasteiger charge is 2.57. The molecule has 4 aliphatic carbocycles. The molecule has 0 aromatic rings. The topological polar surface area (TPSA) is 0 Å². The van der Waals surface area contributed by atoms with Gasteiger partial charge in [-0.25, -0.2) is 0 Å². The lowest BCUT2D eigenvalue weighted by molar-refractivity contribution is -0.00481. The summed E-state index contributed by atoms with van der Waals surface area (Å²) >= 11 is 0. The van der Waals surface area contributed by atoms with Crippen LogP contribution in [-0.4, -0.2) is 0 Å². The van der Waals surface area contributed by atoms with Crippen LogP contribution in [0.25, 0.3) is 0 Å². The maximum atomic E-state index is 2.77. The van der Waals surface area contributed by atoms with E-state index < -0.39 is 0 Å². The van der Waals surface area contributed by atoms with Crippen molar-refractivity contribution in [3.05, 3.63) is 23.8 Å². The van der Waals surface area contributed by atoms with E-state index in [-0.39, 0.29) is 0 Å². The summed E-state index contributed by atoms with van der Waals surface area (Å²) in [6.45, 7) is 15.0. The Morgan fingerprint density at radius 3 is 2.36 bits per heavy atom. The van der Waals surface area contributed by atoms with Gasteiger partial charge in [0, 0.05) is 0 Å². The molecule has 0 bridgehead atoms. The van der Waals surface area contributed by atoms with Crippen molar-refractivity contribution in [3.8, 4) is 0 Å². The second-order valence-electron chi connectivity index (χ2n) is 12.1. The van der Waals surface area contributed by atoms with E-state index in [9.17, 15) is 0 Å². The van der Waals surface area contributed by atoms with Gasteiger partial charge < -0.3 is 0 Å². The number of allylic oxidation sites excluding steroid dienone is 4. The Bertz CT molecular complexity index is 624. The number of hydrogen-bond donors (Lipinski definition) is 0. The van der Waals surface area contributed by atoms with Gasteiger partial charge in [0.1, 0.15) is 0 Å². The van der Waals surface area contributed by atoms with Gasteiger partial charge in [-0.2, -0.15) is 0 Å². The van der Waals surface area contributed by atoms with Gasteiger partial charge in [-0.05, 0) is 97.2 Å². The van der Waals surface area contributed by atoms with Gasteiger partial charge in [0.25, 0.3) is 0 Å². The Labute approximate surface area is 175 Å². The predicted octanol–water partition coefficient (Wildman–Crippen LogP) is 8.44. The molecule has 158 valence electrons. The molecule has 0 saturated heterocycles. The molecule has 3 saturated carbocycles. The smallest absolute Gasteiger partial charge is 0.0143 e. The summed E-state index contributed by atoms with van der Waals surface area (Å²) < 4.78 is 0. The van der Waals surface area contributed by atoms with E-state index in [1.165, 1.54) is 57.8 Å². The number of fused-ring (bicyclic) bond motifs is 5. The Hall–Kier alpha value is -0.520. The van der Waals surface area contributed by atoms with Crippen molar-refractivity contribution in [2.45, 2.75) is 99.3 Å². The lowest BCUT2D eigenvalue weighted by Crippen LogP contribution is -2.48. The average molecular weight is 383 g/mol. The highest BCUT2D eigenvalue weighted by atomic mass is 14.6. The van der Waals surface area contributed by atoms with Crippen LogP contribution in [0.1, 0.15) is 99.3 Å². The van der Waals surface area contributed by atoms with Gasteiger partial charge in [0.15, 0.2) is 0 Å². The summed E-state index contributed by atoms with van der Waals surface area (Å²) in [4.78, 5) is 0. The maximum absolute atomic E-state index is 2.77. The van der Waals surface area contributed by atoms with Crippen LogP contribution in [-0.2, 0) is 0 Å². The first-order valence-electron chi connectivity index (χ1n) is 12.7. The summed E-state index contributed by atoms with van der Waals surface area (Å²) in [6.07, 6.45) is 21.1. The van der Waals surface area contributed by atoms with Crippen LogP contribution in [0, 0.1) is 52.3 Å². The molecule has 8 atom stereocenters. The largest absolute Gasteiger partial charge is 0.0852 e. The van der Waals surface area contributed by atoms with E-state index in [4.69, 9.17) is 0 Å². The molecule has 28 heavy (non-hydrogen) atoms. The van der Waals surface area contributed by atoms with Crippen molar-refractivity contribution in [3.63, 3.8) is 0 Å². The van der Waals surface area contributed by atoms with Crippen LogP contribution in [0.5, 0.6) is 0 Å². The van der Waals surface area contributed by atoms with E-state index in [0.29, 0.717) is 16.7 Å². The molecule has 4 rings (SSSR count). The molecule has 3 fully saturated rings. The zero-order chi connectivity index (χ0) is 20.1. The SMILES string of the molecule is CC(C)[C@@H](C)/C=C/[C@@H](C)[C@@H]1CC[C@@H]2C3=CC[C@H]4CCCC[C@]4(C)[C@H]3CC[C@@]21C. The fraction of sp³-hybridized carbons (Fsp3) is 0.857. The minimum absolute atomic E-state index is 0.547. The molecule has 0 unspecified atom stereocenters. The molecule has 0 heteroatoms. The zero-order valence-corrected chi connectivity index (χ0v) is 19.6. The first-order chi connectivity index (χ1) is 13.3. The first-order valence-corrected chi connectivity index (χ1v) is 12.7. The monoisotopic (exact) mass is 382 g/mol. The lowest BCUT2D eigenvalue weighted by atomic mass is 9.48. The third-order valence-corrected chi connectivity index (χ3v) is 10.5. The Balaban J connectivity index is 1.54. The van der Waals surface area contributed by atoms with Gasteiger partial charge in [-0.3, -0.25) is 0 Å². The lowest BCUT2D eigenvalue weighted by Gasteiger charge is -2.57. The quantitative estimate of drug-likeness (QED) is 0.428. The van der Waals surface area contributed by atoms with E-state index in [2.05, 4.69) is 59.8 Å². The summed E-state index contributed by atoms with van der Waals surface area (Å²) in [5, 5.41) is 0. The van der Waals surface area contributed by atoms with E-state index in [1.807, 2.05) is 5.57 Å². The van der Waals surface area contributed by atoms with E-state index in [1.54, 1.807) is 0 Å². The van der Waals surface area contributed by atoms with E-state index in [0.717, 1.165) is 35.5 Å². The molecule has 0 spiro atoms. The fourth-order valence-electron chi connectivity index (χ4n) is 8.16. The molecule has 0 amide bonds. The van der Waals surface area contributed by atoms with Crippen LogP contribution in [0.4, 0.5) is 0 Å². The van der Waals surface area contributed by atoms with E-state index >= 15 is 0 Å². The summed E-state index contributed by atoms with van der Waals surface area (Å²) in [7, 11) is 0. The van der Waals surface area contributed by atoms with Crippen LogP contribution >= 0.6 is 0 Å². The fourth-order valence-corrected chi connectivity index (χ4v) is 8.16. The minimum Gasteiger partial charge on any atom is -0.0852 e.